The maximum atomic E-state index is 12.8. The highest BCUT2D eigenvalue weighted by atomic mass is 16.4. The third kappa shape index (κ3) is 2.78. The van der Waals surface area contributed by atoms with E-state index < -0.39 is 17.4 Å². The molecule has 1 aromatic carbocycles. The molecule has 1 aliphatic rings. The number of carboxylic acids is 1. The molecule has 114 valence electrons. The van der Waals surface area contributed by atoms with Crippen molar-refractivity contribution in [1.82, 2.24) is 4.90 Å². The molecular formula is C16H22N2O3. The smallest absolute Gasteiger partial charge is 0.326 e. The maximum Gasteiger partial charge on any atom is 0.326 e. The van der Waals surface area contributed by atoms with Gasteiger partial charge in [-0.05, 0) is 24.5 Å². The predicted octanol–water partition coefficient (Wildman–Crippen LogP) is 1.40. The molecule has 1 heterocycles. The molecule has 3 N–H and O–H groups in total. The maximum absolute atomic E-state index is 12.8. The first-order valence-electron chi connectivity index (χ1n) is 7.23. The van der Waals surface area contributed by atoms with Crippen LogP contribution in [0.15, 0.2) is 24.3 Å². The number of hydrogen-bond acceptors (Lipinski definition) is 3. The van der Waals surface area contributed by atoms with Crippen molar-refractivity contribution in [2.45, 2.75) is 39.3 Å². The number of hydrogen-bond donors (Lipinski definition) is 2. The van der Waals surface area contributed by atoms with Crippen LogP contribution in [0.3, 0.4) is 0 Å². The zero-order chi connectivity index (χ0) is 15.6. The second kappa shape index (κ2) is 5.85. The molecule has 0 saturated heterocycles. The fraction of sp³-hybridized carbons (Fsp3) is 0.500. The zero-order valence-corrected chi connectivity index (χ0v) is 12.5. The van der Waals surface area contributed by atoms with E-state index in [4.69, 9.17) is 5.73 Å². The Bertz CT molecular complexity index is 552. The first-order valence-corrected chi connectivity index (χ1v) is 7.23. The summed E-state index contributed by atoms with van der Waals surface area (Å²) < 4.78 is 0. The van der Waals surface area contributed by atoms with Gasteiger partial charge in [0.15, 0.2) is 0 Å². The SMILES string of the molecule is CCC(C)(CN)C(=O)N1Cc2ccccc2CC1C(=O)O. The highest BCUT2D eigenvalue weighted by molar-refractivity contribution is 5.88. The summed E-state index contributed by atoms with van der Waals surface area (Å²) in [5.41, 5.74) is 7.05. The first kappa shape index (κ1) is 15.5. The lowest BCUT2D eigenvalue weighted by Crippen LogP contribution is -2.54. The number of carbonyl (C=O) groups is 2. The van der Waals surface area contributed by atoms with Crippen LogP contribution in [-0.4, -0.2) is 34.5 Å². The molecule has 0 saturated carbocycles. The van der Waals surface area contributed by atoms with Crippen molar-refractivity contribution in [2.24, 2.45) is 11.1 Å². The molecule has 0 aliphatic carbocycles. The zero-order valence-electron chi connectivity index (χ0n) is 12.5. The minimum Gasteiger partial charge on any atom is -0.480 e. The van der Waals surface area contributed by atoms with Gasteiger partial charge in [0.1, 0.15) is 6.04 Å². The molecule has 1 aliphatic heterocycles. The summed E-state index contributed by atoms with van der Waals surface area (Å²) in [5, 5.41) is 9.47. The molecule has 2 rings (SSSR count). The number of amides is 1. The number of rotatable bonds is 4. The summed E-state index contributed by atoms with van der Waals surface area (Å²) in [5.74, 6) is -1.14. The highest BCUT2D eigenvalue weighted by Crippen LogP contribution is 2.30. The molecule has 0 spiro atoms. The molecule has 2 unspecified atom stereocenters. The van der Waals surface area contributed by atoms with Crippen LogP contribution in [0.5, 0.6) is 0 Å². The van der Waals surface area contributed by atoms with E-state index in [9.17, 15) is 14.7 Å². The van der Waals surface area contributed by atoms with Gasteiger partial charge in [-0.15, -0.1) is 0 Å². The fourth-order valence-electron chi connectivity index (χ4n) is 2.69. The second-order valence-electron chi connectivity index (χ2n) is 5.88. The topological polar surface area (TPSA) is 83.6 Å². The van der Waals surface area contributed by atoms with E-state index in [1.807, 2.05) is 31.2 Å². The summed E-state index contributed by atoms with van der Waals surface area (Å²) in [6.45, 7) is 4.25. The van der Waals surface area contributed by atoms with Crippen molar-refractivity contribution in [3.05, 3.63) is 35.4 Å². The molecule has 5 nitrogen and oxygen atoms in total. The van der Waals surface area contributed by atoms with E-state index in [2.05, 4.69) is 0 Å². The van der Waals surface area contributed by atoms with E-state index in [0.717, 1.165) is 11.1 Å². The molecule has 1 aromatic rings. The van der Waals surface area contributed by atoms with Crippen LogP contribution in [-0.2, 0) is 22.6 Å². The van der Waals surface area contributed by atoms with Crippen LogP contribution in [0.4, 0.5) is 0 Å². The summed E-state index contributed by atoms with van der Waals surface area (Å²) >= 11 is 0. The van der Waals surface area contributed by atoms with Crippen molar-refractivity contribution >= 4 is 11.9 Å². The Labute approximate surface area is 124 Å². The number of carboxylic acid groups (broad SMARTS) is 1. The Balaban J connectivity index is 2.37. The van der Waals surface area contributed by atoms with E-state index in [-0.39, 0.29) is 12.5 Å². The standard InChI is InChI=1S/C16H22N2O3/c1-3-16(2,10-17)15(21)18-9-12-7-5-4-6-11(12)8-13(18)14(19)20/h4-7,13H,3,8-10,17H2,1-2H3,(H,19,20). The third-order valence-electron chi connectivity index (χ3n) is 4.54. The van der Waals surface area contributed by atoms with Crippen LogP contribution in [0, 0.1) is 5.41 Å². The molecule has 1 amide bonds. The number of carbonyl (C=O) groups excluding carboxylic acids is 1. The first-order chi connectivity index (χ1) is 9.92. The summed E-state index contributed by atoms with van der Waals surface area (Å²) in [6, 6.07) is 6.86. The molecular weight excluding hydrogens is 268 g/mol. The molecule has 21 heavy (non-hydrogen) atoms. The van der Waals surface area contributed by atoms with Crippen LogP contribution >= 0.6 is 0 Å². The fourth-order valence-corrected chi connectivity index (χ4v) is 2.69. The number of nitrogens with two attached hydrogens (primary N) is 1. The molecule has 5 heteroatoms. The van der Waals surface area contributed by atoms with Crippen LogP contribution < -0.4 is 5.73 Å². The Morgan fingerprint density at radius 3 is 2.52 bits per heavy atom. The Hall–Kier alpha value is -1.88. The van der Waals surface area contributed by atoms with Crippen molar-refractivity contribution in [3.63, 3.8) is 0 Å². The monoisotopic (exact) mass is 290 g/mol. The van der Waals surface area contributed by atoms with Gasteiger partial charge in [0.05, 0.1) is 5.41 Å². The van der Waals surface area contributed by atoms with Crippen molar-refractivity contribution in [3.8, 4) is 0 Å². The summed E-state index contributed by atoms with van der Waals surface area (Å²) in [6.07, 6.45) is 0.939. The van der Waals surface area contributed by atoms with Crippen molar-refractivity contribution in [2.75, 3.05) is 6.54 Å². The molecule has 2 atom stereocenters. The van der Waals surface area contributed by atoms with Gasteiger partial charge in [0.25, 0.3) is 0 Å². The van der Waals surface area contributed by atoms with E-state index in [1.54, 1.807) is 6.92 Å². The van der Waals surface area contributed by atoms with Gasteiger partial charge in [0.2, 0.25) is 5.91 Å². The largest absolute Gasteiger partial charge is 0.480 e. The Morgan fingerprint density at radius 1 is 1.38 bits per heavy atom. The Kier molecular flexibility index (Phi) is 4.32. The van der Waals surface area contributed by atoms with Gasteiger partial charge < -0.3 is 15.7 Å². The minimum atomic E-state index is -0.965. The van der Waals surface area contributed by atoms with Gasteiger partial charge in [0, 0.05) is 19.5 Å². The van der Waals surface area contributed by atoms with Gasteiger partial charge in [-0.1, -0.05) is 31.2 Å². The molecule has 0 radical (unpaired) electrons. The number of fused-ring (bicyclic) bond motifs is 1. The van der Waals surface area contributed by atoms with Crippen LogP contribution in [0.1, 0.15) is 31.4 Å². The molecule has 0 bridgehead atoms. The van der Waals surface area contributed by atoms with Gasteiger partial charge in [-0.3, -0.25) is 4.79 Å². The van der Waals surface area contributed by atoms with Crippen LogP contribution in [0.2, 0.25) is 0 Å². The average molecular weight is 290 g/mol. The lowest BCUT2D eigenvalue weighted by molar-refractivity contribution is -0.156. The lowest BCUT2D eigenvalue weighted by Gasteiger charge is -2.39. The predicted molar refractivity (Wildman–Crippen MR) is 79.6 cm³/mol. The van der Waals surface area contributed by atoms with Gasteiger partial charge in [-0.25, -0.2) is 4.79 Å². The van der Waals surface area contributed by atoms with E-state index >= 15 is 0 Å². The van der Waals surface area contributed by atoms with Crippen LogP contribution in [0.25, 0.3) is 0 Å². The third-order valence-corrected chi connectivity index (χ3v) is 4.54. The highest BCUT2D eigenvalue weighted by Gasteiger charge is 2.41. The van der Waals surface area contributed by atoms with Crippen molar-refractivity contribution in [1.29, 1.82) is 0 Å². The van der Waals surface area contributed by atoms with Gasteiger partial charge in [-0.2, -0.15) is 0 Å². The number of benzene rings is 1. The summed E-state index contributed by atoms with van der Waals surface area (Å²) in [7, 11) is 0. The van der Waals surface area contributed by atoms with E-state index in [0.29, 0.717) is 19.4 Å². The minimum absolute atomic E-state index is 0.172. The van der Waals surface area contributed by atoms with Crippen molar-refractivity contribution < 1.29 is 14.7 Å². The quantitative estimate of drug-likeness (QED) is 0.878. The average Bonchev–Trinajstić information content (AvgIpc) is 2.52. The number of aliphatic carboxylic acids is 1. The lowest BCUT2D eigenvalue weighted by atomic mass is 9.83. The van der Waals surface area contributed by atoms with E-state index in [1.165, 1.54) is 4.90 Å². The second-order valence-corrected chi connectivity index (χ2v) is 5.88. The number of nitrogens with zero attached hydrogens (tertiary/aromatic N) is 1. The normalized spacial score (nSPS) is 20.5. The summed E-state index contributed by atoms with van der Waals surface area (Å²) in [4.78, 5) is 25.8. The molecule has 0 aromatic heterocycles. The van der Waals surface area contributed by atoms with Gasteiger partial charge >= 0.3 is 5.97 Å². The Morgan fingerprint density at radius 2 is 2.00 bits per heavy atom. The molecule has 0 fully saturated rings.